The Hall–Kier alpha value is -2.18. The highest BCUT2D eigenvalue weighted by Gasteiger charge is 2.21. The van der Waals surface area contributed by atoms with Gasteiger partial charge in [-0.1, -0.05) is 0 Å². The van der Waals surface area contributed by atoms with E-state index in [0.717, 1.165) is 41.8 Å². The quantitative estimate of drug-likeness (QED) is 0.761. The minimum absolute atomic E-state index is 0.0454. The number of nitrogens with one attached hydrogen (secondary N) is 1. The average molecular weight is 355 g/mol. The van der Waals surface area contributed by atoms with Crippen molar-refractivity contribution >= 4 is 27.5 Å². The Labute approximate surface area is 150 Å². The van der Waals surface area contributed by atoms with Crippen LogP contribution in [0.15, 0.2) is 42.0 Å². The molecule has 0 aliphatic carbocycles. The molecule has 0 bridgehead atoms. The van der Waals surface area contributed by atoms with Crippen LogP contribution in [0.2, 0.25) is 0 Å². The van der Waals surface area contributed by atoms with Crippen molar-refractivity contribution in [2.45, 2.75) is 38.5 Å². The van der Waals surface area contributed by atoms with Gasteiger partial charge in [-0.25, -0.2) is 0 Å². The molecule has 6 heteroatoms. The van der Waals surface area contributed by atoms with Gasteiger partial charge in [-0.05, 0) is 54.5 Å². The third kappa shape index (κ3) is 3.60. The predicted molar refractivity (Wildman–Crippen MR) is 98.8 cm³/mol. The van der Waals surface area contributed by atoms with Gasteiger partial charge >= 0.3 is 0 Å². The maximum Gasteiger partial charge on any atom is 0.268 e. The Morgan fingerprint density at radius 1 is 1.32 bits per heavy atom. The molecule has 5 nitrogen and oxygen atoms in total. The zero-order valence-corrected chi connectivity index (χ0v) is 14.8. The van der Waals surface area contributed by atoms with Crippen LogP contribution in [-0.2, 0) is 17.8 Å². The first-order valence-corrected chi connectivity index (χ1v) is 9.54. The van der Waals surface area contributed by atoms with Crippen molar-refractivity contribution in [3.63, 3.8) is 0 Å². The number of hydrogen-bond acceptors (Lipinski definition) is 4. The second kappa shape index (κ2) is 7.37. The molecule has 1 N–H and O–H groups in total. The Morgan fingerprint density at radius 3 is 3.00 bits per heavy atom. The topological polar surface area (TPSA) is 56.2 Å². The first-order valence-electron chi connectivity index (χ1n) is 8.67. The lowest BCUT2D eigenvalue weighted by molar-refractivity contribution is 0.00644. The molecule has 0 radical (unpaired) electrons. The van der Waals surface area contributed by atoms with Crippen LogP contribution in [0.5, 0.6) is 0 Å². The highest BCUT2D eigenvalue weighted by atomic mass is 32.1. The maximum absolute atomic E-state index is 12.8. The number of carbonyl (C=O) groups excluding carboxylic acids is 1. The minimum Gasteiger partial charge on any atom is -0.376 e. The molecular formula is C19H21N3O2S. The fourth-order valence-corrected chi connectivity index (χ4v) is 4.18. The van der Waals surface area contributed by atoms with Crippen molar-refractivity contribution in [2.24, 2.45) is 0 Å². The van der Waals surface area contributed by atoms with E-state index in [0.29, 0.717) is 12.2 Å². The summed E-state index contributed by atoms with van der Waals surface area (Å²) in [6.45, 7) is 2.06. The van der Waals surface area contributed by atoms with E-state index in [1.807, 2.05) is 18.2 Å². The summed E-state index contributed by atoms with van der Waals surface area (Å²) in [5.74, 6) is -0.0454. The molecule has 4 heterocycles. The molecule has 1 aliphatic rings. The van der Waals surface area contributed by atoms with E-state index in [2.05, 4.69) is 26.3 Å². The van der Waals surface area contributed by atoms with Crippen LogP contribution in [0.25, 0.3) is 10.2 Å². The molecule has 1 saturated heterocycles. The van der Waals surface area contributed by atoms with Gasteiger partial charge in [0.05, 0.1) is 12.6 Å². The Bertz CT molecular complexity index is 850. The van der Waals surface area contributed by atoms with E-state index < -0.39 is 0 Å². The van der Waals surface area contributed by atoms with Crippen LogP contribution < -0.4 is 5.32 Å². The number of pyridine rings is 1. The summed E-state index contributed by atoms with van der Waals surface area (Å²) in [6.07, 6.45) is 7.06. The van der Waals surface area contributed by atoms with Gasteiger partial charge in [0.25, 0.3) is 5.91 Å². The number of ether oxygens (including phenoxy) is 1. The third-order valence-electron chi connectivity index (χ3n) is 4.60. The molecule has 1 unspecified atom stereocenters. The van der Waals surface area contributed by atoms with Gasteiger partial charge in [-0.15, -0.1) is 11.3 Å². The number of amides is 1. The first kappa shape index (κ1) is 16.3. The van der Waals surface area contributed by atoms with E-state index >= 15 is 0 Å². The van der Waals surface area contributed by atoms with Gasteiger partial charge < -0.3 is 14.6 Å². The summed E-state index contributed by atoms with van der Waals surface area (Å²) < 4.78 is 8.01. The Kier molecular flexibility index (Phi) is 4.81. The number of hydrogen-bond donors (Lipinski definition) is 1. The molecule has 1 aliphatic heterocycles. The van der Waals surface area contributed by atoms with E-state index in [4.69, 9.17) is 4.74 Å². The molecule has 3 aromatic rings. The molecule has 3 aromatic heterocycles. The van der Waals surface area contributed by atoms with Gasteiger partial charge in [-0.2, -0.15) is 0 Å². The predicted octanol–water partition coefficient (Wildman–Crippen LogP) is 3.60. The van der Waals surface area contributed by atoms with Crippen molar-refractivity contribution in [1.82, 2.24) is 14.9 Å². The maximum atomic E-state index is 12.8. The van der Waals surface area contributed by atoms with Crippen LogP contribution in [-0.4, -0.2) is 28.2 Å². The van der Waals surface area contributed by atoms with E-state index in [-0.39, 0.29) is 12.0 Å². The van der Waals surface area contributed by atoms with Crippen LogP contribution in [0, 0.1) is 0 Å². The molecule has 0 saturated carbocycles. The highest BCUT2D eigenvalue weighted by molar-refractivity contribution is 7.16. The van der Waals surface area contributed by atoms with Crippen molar-refractivity contribution in [3.05, 3.63) is 53.3 Å². The van der Waals surface area contributed by atoms with Crippen molar-refractivity contribution < 1.29 is 9.53 Å². The summed E-state index contributed by atoms with van der Waals surface area (Å²) in [5, 5.41) is 6.21. The van der Waals surface area contributed by atoms with Crippen molar-refractivity contribution in [3.8, 4) is 0 Å². The summed E-state index contributed by atoms with van der Waals surface area (Å²) in [5.41, 5.74) is 1.75. The van der Waals surface area contributed by atoms with Crippen LogP contribution in [0.3, 0.4) is 0 Å². The van der Waals surface area contributed by atoms with Crippen LogP contribution in [0.1, 0.15) is 35.3 Å². The number of carbonyl (C=O) groups is 1. The molecule has 0 aromatic carbocycles. The SMILES string of the molecule is O=C(NCc1ccncc1)c1cc2ccsc2n1CC1CCCCO1. The average Bonchev–Trinajstić information content (AvgIpc) is 3.24. The molecule has 0 spiro atoms. The largest absolute Gasteiger partial charge is 0.376 e. The Morgan fingerprint density at radius 2 is 2.20 bits per heavy atom. The molecular weight excluding hydrogens is 334 g/mol. The standard InChI is InChI=1S/C19H21N3O2S/c23-18(21-12-14-4-7-20-8-5-14)17-11-15-6-10-25-19(15)22(17)13-16-3-1-2-9-24-16/h4-8,10-11,16H,1-3,9,12-13H2,(H,21,23). The van der Waals surface area contributed by atoms with Crippen LogP contribution >= 0.6 is 11.3 Å². The Balaban J connectivity index is 1.54. The van der Waals surface area contributed by atoms with Crippen LogP contribution in [0.4, 0.5) is 0 Å². The monoisotopic (exact) mass is 355 g/mol. The van der Waals surface area contributed by atoms with Crippen molar-refractivity contribution in [2.75, 3.05) is 6.61 Å². The van der Waals surface area contributed by atoms with Crippen molar-refractivity contribution in [1.29, 1.82) is 0 Å². The van der Waals surface area contributed by atoms with Gasteiger partial charge in [-0.3, -0.25) is 9.78 Å². The van der Waals surface area contributed by atoms with E-state index in [1.54, 1.807) is 23.7 Å². The summed E-state index contributed by atoms with van der Waals surface area (Å²) >= 11 is 1.67. The molecule has 25 heavy (non-hydrogen) atoms. The number of thiophene rings is 1. The lowest BCUT2D eigenvalue weighted by Crippen LogP contribution is -2.29. The first-order chi connectivity index (χ1) is 12.3. The second-order valence-electron chi connectivity index (χ2n) is 6.35. The number of fused-ring (bicyclic) bond motifs is 1. The molecule has 1 fully saturated rings. The van der Waals surface area contributed by atoms with Gasteiger partial charge in [0, 0.05) is 30.9 Å². The normalized spacial score (nSPS) is 17.7. The van der Waals surface area contributed by atoms with Gasteiger partial charge in [0.1, 0.15) is 10.5 Å². The molecule has 130 valence electrons. The second-order valence-corrected chi connectivity index (χ2v) is 7.24. The molecule has 4 rings (SSSR count). The number of aromatic nitrogens is 2. The van der Waals surface area contributed by atoms with Gasteiger partial charge in [0.15, 0.2) is 0 Å². The lowest BCUT2D eigenvalue weighted by atomic mass is 10.1. The fraction of sp³-hybridized carbons (Fsp3) is 0.368. The minimum atomic E-state index is -0.0454. The smallest absolute Gasteiger partial charge is 0.268 e. The summed E-state index contributed by atoms with van der Waals surface area (Å²) in [4.78, 5) is 17.9. The fourth-order valence-electron chi connectivity index (χ4n) is 3.27. The van der Waals surface area contributed by atoms with E-state index in [9.17, 15) is 4.79 Å². The highest BCUT2D eigenvalue weighted by Crippen LogP contribution is 2.27. The lowest BCUT2D eigenvalue weighted by Gasteiger charge is -2.24. The summed E-state index contributed by atoms with van der Waals surface area (Å²) in [7, 11) is 0. The zero-order valence-electron chi connectivity index (χ0n) is 14.0. The van der Waals surface area contributed by atoms with E-state index in [1.165, 1.54) is 6.42 Å². The number of rotatable bonds is 5. The van der Waals surface area contributed by atoms with Gasteiger partial charge in [0.2, 0.25) is 0 Å². The molecule has 1 amide bonds. The molecule has 1 atom stereocenters. The zero-order chi connectivity index (χ0) is 17.1. The summed E-state index contributed by atoms with van der Waals surface area (Å²) in [6, 6.07) is 7.87. The third-order valence-corrected chi connectivity index (χ3v) is 5.55. The number of nitrogens with zero attached hydrogens (tertiary/aromatic N) is 2.